The Labute approximate surface area is 55.1 Å². The molecule has 0 aromatic heterocycles. The summed E-state index contributed by atoms with van der Waals surface area (Å²) in [5, 5.41) is 0. The Hall–Kier alpha value is -0.850. The SMILES string of the molecule is CC1=CC(=O)C(C)=C1C. The molecular formula is C8H10O. The van der Waals surface area contributed by atoms with E-state index in [4.69, 9.17) is 0 Å². The van der Waals surface area contributed by atoms with Crippen LogP contribution in [0.5, 0.6) is 0 Å². The molecule has 0 spiro atoms. The summed E-state index contributed by atoms with van der Waals surface area (Å²) in [4.78, 5) is 10.9. The number of carbonyl (C=O) groups excluding carboxylic acids is 1. The van der Waals surface area contributed by atoms with Gasteiger partial charge in [0.25, 0.3) is 0 Å². The highest BCUT2D eigenvalue weighted by atomic mass is 16.1. The van der Waals surface area contributed by atoms with Crippen molar-refractivity contribution in [1.29, 1.82) is 0 Å². The van der Waals surface area contributed by atoms with Crippen molar-refractivity contribution in [2.24, 2.45) is 0 Å². The Morgan fingerprint density at radius 1 is 1.11 bits per heavy atom. The maximum Gasteiger partial charge on any atom is 0.182 e. The number of ketones is 1. The predicted molar refractivity (Wildman–Crippen MR) is 37.1 cm³/mol. The zero-order valence-electron chi connectivity index (χ0n) is 5.99. The lowest BCUT2D eigenvalue weighted by molar-refractivity contribution is -0.111. The summed E-state index contributed by atoms with van der Waals surface area (Å²) in [6, 6.07) is 0. The molecular weight excluding hydrogens is 112 g/mol. The van der Waals surface area contributed by atoms with E-state index in [1.54, 1.807) is 6.08 Å². The fourth-order valence-corrected chi connectivity index (χ4v) is 0.894. The van der Waals surface area contributed by atoms with Crippen LogP contribution in [-0.2, 0) is 4.79 Å². The minimum absolute atomic E-state index is 0.171. The second kappa shape index (κ2) is 1.83. The third kappa shape index (κ3) is 0.826. The summed E-state index contributed by atoms with van der Waals surface area (Å²) in [6.07, 6.45) is 1.69. The molecule has 0 bridgehead atoms. The molecule has 0 aromatic rings. The van der Waals surface area contributed by atoms with Gasteiger partial charge in [-0.15, -0.1) is 0 Å². The largest absolute Gasteiger partial charge is 0.290 e. The van der Waals surface area contributed by atoms with Gasteiger partial charge in [0.2, 0.25) is 0 Å². The first-order chi connectivity index (χ1) is 4.13. The zero-order chi connectivity index (χ0) is 7.02. The fourth-order valence-electron chi connectivity index (χ4n) is 0.894. The van der Waals surface area contributed by atoms with Crippen LogP contribution in [-0.4, -0.2) is 5.78 Å². The molecule has 0 fully saturated rings. The first-order valence-corrected chi connectivity index (χ1v) is 3.03. The topological polar surface area (TPSA) is 17.1 Å². The first kappa shape index (κ1) is 6.27. The third-order valence-electron chi connectivity index (χ3n) is 1.87. The van der Waals surface area contributed by atoms with Gasteiger partial charge in [-0.1, -0.05) is 0 Å². The van der Waals surface area contributed by atoms with Crippen molar-refractivity contribution in [3.63, 3.8) is 0 Å². The van der Waals surface area contributed by atoms with E-state index >= 15 is 0 Å². The first-order valence-electron chi connectivity index (χ1n) is 3.03. The van der Waals surface area contributed by atoms with Crippen LogP contribution in [0.1, 0.15) is 20.8 Å². The van der Waals surface area contributed by atoms with E-state index in [2.05, 4.69) is 0 Å². The van der Waals surface area contributed by atoms with Crippen LogP contribution in [0.2, 0.25) is 0 Å². The molecule has 0 heterocycles. The van der Waals surface area contributed by atoms with E-state index in [-0.39, 0.29) is 5.78 Å². The maximum absolute atomic E-state index is 10.9. The predicted octanol–water partition coefficient (Wildman–Crippen LogP) is 1.85. The lowest BCUT2D eigenvalue weighted by Gasteiger charge is -1.92. The molecule has 48 valence electrons. The molecule has 0 saturated heterocycles. The Morgan fingerprint density at radius 2 is 1.67 bits per heavy atom. The molecule has 0 atom stereocenters. The van der Waals surface area contributed by atoms with Crippen LogP contribution in [0.3, 0.4) is 0 Å². The Morgan fingerprint density at radius 3 is 1.78 bits per heavy atom. The van der Waals surface area contributed by atoms with Gasteiger partial charge in [0.15, 0.2) is 5.78 Å². The standard InChI is InChI=1S/C8H10O/c1-5-4-8(9)7(3)6(5)2/h4H,1-3H3. The minimum Gasteiger partial charge on any atom is -0.290 e. The van der Waals surface area contributed by atoms with Crippen molar-refractivity contribution in [2.75, 3.05) is 0 Å². The van der Waals surface area contributed by atoms with Crippen molar-refractivity contribution in [3.05, 3.63) is 22.8 Å². The van der Waals surface area contributed by atoms with E-state index < -0.39 is 0 Å². The molecule has 0 N–H and O–H groups in total. The van der Waals surface area contributed by atoms with Gasteiger partial charge in [-0.2, -0.15) is 0 Å². The average Bonchev–Trinajstić information content (AvgIpc) is 1.98. The molecule has 0 unspecified atom stereocenters. The zero-order valence-corrected chi connectivity index (χ0v) is 5.99. The molecule has 9 heavy (non-hydrogen) atoms. The second-order valence-electron chi connectivity index (χ2n) is 2.44. The van der Waals surface area contributed by atoms with Crippen LogP contribution < -0.4 is 0 Å². The summed E-state index contributed by atoms with van der Waals surface area (Å²) in [5.74, 6) is 0.171. The normalized spacial score (nSPS) is 19.0. The van der Waals surface area contributed by atoms with E-state index in [1.807, 2.05) is 20.8 Å². The van der Waals surface area contributed by atoms with Gasteiger partial charge in [-0.3, -0.25) is 4.79 Å². The molecule has 1 rings (SSSR count). The van der Waals surface area contributed by atoms with E-state index in [9.17, 15) is 4.79 Å². The quantitative estimate of drug-likeness (QED) is 0.479. The van der Waals surface area contributed by atoms with E-state index in [0.717, 1.165) is 16.7 Å². The highest BCUT2D eigenvalue weighted by molar-refractivity contribution is 6.08. The summed E-state index contributed by atoms with van der Waals surface area (Å²) in [5.41, 5.74) is 3.14. The fraction of sp³-hybridized carbons (Fsp3) is 0.375. The van der Waals surface area contributed by atoms with Crippen molar-refractivity contribution in [1.82, 2.24) is 0 Å². The van der Waals surface area contributed by atoms with Gasteiger partial charge in [-0.05, 0) is 43.6 Å². The van der Waals surface area contributed by atoms with Crippen LogP contribution >= 0.6 is 0 Å². The molecule has 1 aliphatic rings. The van der Waals surface area contributed by atoms with Crippen LogP contribution in [0.15, 0.2) is 22.8 Å². The lowest BCUT2D eigenvalue weighted by Crippen LogP contribution is -1.88. The van der Waals surface area contributed by atoms with Crippen LogP contribution in [0, 0.1) is 0 Å². The van der Waals surface area contributed by atoms with Gasteiger partial charge in [0, 0.05) is 0 Å². The van der Waals surface area contributed by atoms with E-state index in [0.29, 0.717) is 0 Å². The third-order valence-corrected chi connectivity index (χ3v) is 1.87. The highest BCUT2D eigenvalue weighted by Gasteiger charge is 2.13. The van der Waals surface area contributed by atoms with Crippen molar-refractivity contribution in [2.45, 2.75) is 20.8 Å². The highest BCUT2D eigenvalue weighted by Crippen LogP contribution is 2.21. The number of hydrogen-bond acceptors (Lipinski definition) is 1. The van der Waals surface area contributed by atoms with Crippen molar-refractivity contribution in [3.8, 4) is 0 Å². The molecule has 1 aliphatic carbocycles. The smallest absolute Gasteiger partial charge is 0.182 e. The van der Waals surface area contributed by atoms with Gasteiger partial charge in [-0.25, -0.2) is 0 Å². The Bertz CT molecular complexity index is 219. The Balaban J connectivity index is 3.11. The molecule has 1 nitrogen and oxygen atoms in total. The number of allylic oxidation sites excluding steroid dienone is 4. The molecule has 0 aliphatic heterocycles. The van der Waals surface area contributed by atoms with Gasteiger partial charge in [0.05, 0.1) is 0 Å². The molecule has 0 saturated carbocycles. The molecule has 0 aromatic carbocycles. The molecule has 1 heteroatoms. The van der Waals surface area contributed by atoms with Crippen LogP contribution in [0.25, 0.3) is 0 Å². The summed E-state index contributed by atoms with van der Waals surface area (Å²) in [7, 11) is 0. The summed E-state index contributed by atoms with van der Waals surface area (Å²) < 4.78 is 0. The number of hydrogen-bond donors (Lipinski definition) is 0. The average molecular weight is 122 g/mol. The van der Waals surface area contributed by atoms with Crippen molar-refractivity contribution < 1.29 is 4.79 Å². The molecule has 0 amide bonds. The number of rotatable bonds is 0. The maximum atomic E-state index is 10.9. The van der Waals surface area contributed by atoms with Crippen LogP contribution in [0.4, 0.5) is 0 Å². The second-order valence-corrected chi connectivity index (χ2v) is 2.44. The minimum atomic E-state index is 0.171. The summed E-state index contributed by atoms with van der Waals surface area (Å²) in [6.45, 7) is 5.81. The van der Waals surface area contributed by atoms with Gasteiger partial charge in [0.1, 0.15) is 0 Å². The molecule has 0 radical (unpaired) electrons. The van der Waals surface area contributed by atoms with E-state index in [1.165, 1.54) is 0 Å². The van der Waals surface area contributed by atoms with Gasteiger partial charge < -0.3 is 0 Å². The van der Waals surface area contributed by atoms with Gasteiger partial charge >= 0.3 is 0 Å². The lowest BCUT2D eigenvalue weighted by atomic mass is 10.1. The monoisotopic (exact) mass is 122 g/mol. The Kier molecular flexibility index (Phi) is 1.28. The van der Waals surface area contributed by atoms with Crippen molar-refractivity contribution >= 4 is 5.78 Å². The number of carbonyl (C=O) groups is 1. The summed E-state index contributed by atoms with van der Waals surface area (Å²) >= 11 is 0.